The first kappa shape index (κ1) is 30.8. The van der Waals surface area contributed by atoms with Crippen LogP contribution in [0.25, 0.3) is 0 Å². The smallest absolute Gasteiger partial charge is 0.321 e. The van der Waals surface area contributed by atoms with Crippen LogP contribution in [0.3, 0.4) is 0 Å². The fourth-order valence-electron chi connectivity index (χ4n) is 4.66. The van der Waals surface area contributed by atoms with Gasteiger partial charge in [0.05, 0.1) is 31.9 Å². The highest BCUT2D eigenvalue weighted by molar-refractivity contribution is 7.92. The maximum absolute atomic E-state index is 13.4. The number of carbonyl (C=O) groups excluding carboxylic acids is 2. The van der Waals surface area contributed by atoms with Crippen LogP contribution in [-0.2, 0) is 28.3 Å². The van der Waals surface area contributed by atoms with Gasteiger partial charge in [-0.25, -0.2) is 9.78 Å². The second kappa shape index (κ2) is 12.4. The van der Waals surface area contributed by atoms with Crippen molar-refractivity contribution in [3.05, 3.63) is 47.7 Å². The van der Waals surface area contributed by atoms with E-state index < -0.39 is 28.2 Å². The van der Waals surface area contributed by atoms with Crippen molar-refractivity contribution in [2.75, 3.05) is 36.8 Å². The number of aryl methyl sites for hydroxylation is 3. The van der Waals surface area contributed by atoms with Crippen molar-refractivity contribution in [2.45, 2.75) is 51.3 Å². The number of nitrogens with one attached hydrogen (secondary N) is 2. The number of rotatable bonds is 8. The lowest BCUT2D eigenvalue weighted by Gasteiger charge is -2.34. The van der Waals surface area contributed by atoms with Gasteiger partial charge in [-0.05, 0) is 39.0 Å². The minimum Gasteiger partial charge on any atom is -0.488 e. The lowest BCUT2D eigenvalue weighted by Crippen LogP contribution is -2.48. The van der Waals surface area contributed by atoms with E-state index in [0.717, 1.165) is 0 Å². The van der Waals surface area contributed by atoms with Crippen molar-refractivity contribution < 1.29 is 32.4 Å². The number of benzene rings is 1. The fourth-order valence-corrected chi connectivity index (χ4v) is 5.70. The molecule has 1 aliphatic heterocycles. The van der Waals surface area contributed by atoms with E-state index in [2.05, 4.69) is 20.2 Å². The molecule has 2 aromatic heterocycles. The summed E-state index contributed by atoms with van der Waals surface area (Å²) in [6.07, 6.45) is 2.13. The lowest BCUT2D eigenvalue weighted by atomic mass is 10.0. The van der Waals surface area contributed by atoms with Crippen LogP contribution in [-0.4, -0.2) is 88.9 Å². The minimum atomic E-state index is -3.97. The van der Waals surface area contributed by atoms with E-state index in [1.54, 1.807) is 58.0 Å². The van der Waals surface area contributed by atoms with E-state index in [-0.39, 0.29) is 48.7 Å². The average molecular weight is 604 g/mol. The molecule has 228 valence electrons. The molecule has 3 heterocycles. The molecule has 1 aliphatic rings. The standard InChI is InChI=1S/C27H37N7O7S/c1-16-11-34(17(2)14-35)25(36)10-20-9-21(31-42(38,39)24-13-32(5)15-28-24)7-8-22(20)40-23(16)12-33(6)27(37)29-26-18(3)30-41-19(26)4/h7-9,13,15-17,23,31,35H,10-12,14H2,1-6H3,(H,29,37)/t16-,17-,23-/m0/s1. The van der Waals surface area contributed by atoms with Gasteiger partial charge in [-0.1, -0.05) is 12.1 Å². The highest BCUT2D eigenvalue weighted by Gasteiger charge is 2.32. The van der Waals surface area contributed by atoms with Gasteiger partial charge in [0, 0.05) is 44.0 Å². The van der Waals surface area contributed by atoms with E-state index in [0.29, 0.717) is 28.5 Å². The Labute approximate surface area is 244 Å². The third kappa shape index (κ3) is 6.85. The summed E-state index contributed by atoms with van der Waals surface area (Å²) >= 11 is 0. The fraction of sp³-hybridized carbons (Fsp3) is 0.481. The summed E-state index contributed by atoms with van der Waals surface area (Å²) in [5.41, 5.74) is 1.74. The second-order valence-electron chi connectivity index (χ2n) is 10.7. The molecule has 1 aromatic carbocycles. The van der Waals surface area contributed by atoms with Gasteiger partial charge in [0.2, 0.25) is 5.91 Å². The van der Waals surface area contributed by atoms with Crippen molar-refractivity contribution in [3.8, 4) is 5.75 Å². The summed E-state index contributed by atoms with van der Waals surface area (Å²) in [6, 6.07) is 3.85. The molecule has 0 bridgehead atoms. The van der Waals surface area contributed by atoms with Crippen LogP contribution < -0.4 is 14.8 Å². The summed E-state index contributed by atoms with van der Waals surface area (Å²) in [4.78, 5) is 33.5. The number of imidazole rings is 1. The Bertz CT molecular complexity index is 1530. The largest absolute Gasteiger partial charge is 0.488 e. The quantitative estimate of drug-likeness (QED) is 0.349. The number of likely N-dealkylation sites (N-methyl/N-ethyl adjacent to an activating group) is 1. The number of ether oxygens (including phenoxy) is 1. The third-order valence-electron chi connectivity index (χ3n) is 7.19. The highest BCUT2D eigenvalue weighted by Crippen LogP contribution is 2.30. The molecular weight excluding hydrogens is 566 g/mol. The summed E-state index contributed by atoms with van der Waals surface area (Å²) in [5.74, 6) is 0.379. The molecule has 0 unspecified atom stereocenters. The Kier molecular flexibility index (Phi) is 9.11. The first-order valence-electron chi connectivity index (χ1n) is 13.4. The molecule has 0 spiro atoms. The number of hydrogen-bond acceptors (Lipinski definition) is 9. The predicted octanol–water partition coefficient (Wildman–Crippen LogP) is 2.14. The Hall–Kier alpha value is -4.11. The number of fused-ring (bicyclic) bond motifs is 1. The molecule has 4 rings (SSSR count). The predicted molar refractivity (Wildman–Crippen MR) is 154 cm³/mol. The van der Waals surface area contributed by atoms with Crippen LogP contribution in [0.1, 0.15) is 30.9 Å². The van der Waals surface area contributed by atoms with Crippen molar-refractivity contribution in [1.29, 1.82) is 0 Å². The van der Waals surface area contributed by atoms with Crippen LogP contribution in [0, 0.1) is 19.8 Å². The zero-order valence-corrected chi connectivity index (χ0v) is 25.3. The number of carbonyl (C=O) groups is 2. The Balaban J connectivity index is 1.62. The first-order chi connectivity index (χ1) is 19.8. The minimum absolute atomic E-state index is 0.0827. The summed E-state index contributed by atoms with van der Waals surface area (Å²) < 4.78 is 41.3. The molecule has 0 aliphatic carbocycles. The van der Waals surface area contributed by atoms with E-state index >= 15 is 0 Å². The molecule has 3 amide bonds. The molecular formula is C27H37N7O7S. The number of aliphatic hydroxyl groups excluding tert-OH is 1. The van der Waals surface area contributed by atoms with Gasteiger partial charge < -0.3 is 34.1 Å². The highest BCUT2D eigenvalue weighted by atomic mass is 32.2. The molecule has 14 nitrogen and oxygen atoms in total. The van der Waals surface area contributed by atoms with E-state index in [4.69, 9.17) is 9.26 Å². The van der Waals surface area contributed by atoms with Gasteiger partial charge in [0.15, 0.2) is 10.8 Å². The van der Waals surface area contributed by atoms with Crippen LogP contribution in [0.5, 0.6) is 5.75 Å². The molecule has 3 aromatic rings. The van der Waals surface area contributed by atoms with Crippen LogP contribution >= 0.6 is 0 Å². The second-order valence-corrected chi connectivity index (χ2v) is 12.3. The van der Waals surface area contributed by atoms with E-state index in [1.807, 2.05) is 6.92 Å². The maximum atomic E-state index is 13.4. The number of amides is 3. The lowest BCUT2D eigenvalue weighted by molar-refractivity contribution is -0.134. The summed E-state index contributed by atoms with van der Waals surface area (Å²) in [6.45, 7) is 7.30. The molecule has 0 saturated heterocycles. The zero-order chi connectivity index (χ0) is 30.8. The van der Waals surface area contributed by atoms with Gasteiger partial charge in [-0.15, -0.1) is 0 Å². The SMILES string of the molecule is Cc1noc(C)c1NC(=O)N(C)C[C@@H]1Oc2ccc(NS(=O)(=O)c3cn(C)cn3)cc2CC(=O)N([C@@H](C)CO)C[C@@H]1C. The molecule has 0 radical (unpaired) electrons. The molecule has 15 heteroatoms. The number of aliphatic hydroxyl groups is 1. The molecule has 3 atom stereocenters. The maximum Gasteiger partial charge on any atom is 0.321 e. The van der Waals surface area contributed by atoms with Gasteiger partial charge >= 0.3 is 6.03 Å². The molecule has 3 N–H and O–H groups in total. The van der Waals surface area contributed by atoms with Crippen LogP contribution in [0.15, 0.2) is 40.3 Å². The normalized spacial score (nSPS) is 18.3. The van der Waals surface area contributed by atoms with Gasteiger partial charge in [-0.2, -0.15) is 8.42 Å². The van der Waals surface area contributed by atoms with Crippen LogP contribution in [0.2, 0.25) is 0 Å². The van der Waals surface area contributed by atoms with Gasteiger partial charge in [0.25, 0.3) is 10.0 Å². The molecule has 42 heavy (non-hydrogen) atoms. The van der Waals surface area contributed by atoms with E-state index in [9.17, 15) is 23.1 Å². The molecule has 0 fully saturated rings. The number of urea groups is 1. The topological polar surface area (TPSA) is 172 Å². The van der Waals surface area contributed by atoms with Crippen molar-refractivity contribution in [1.82, 2.24) is 24.5 Å². The van der Waals surface area contributed by atoms with Crippen molar-refractivity contribution in [3.63, 3.8) is 0 Å². The van der Waals surface area contributed by atoms with Crippen molar-refractivity contribution >= 4 is 33.3 Å². The summed E-state index contributed by atoms with van der Waals surface area (Å²) in [7, 11) is -0.675. The Morgan fingerprint density at radius 2 is 2.05 bits per heavy atom. The molecule has 0 saturated carbocycles. The van der Waals surface area contributed by atoms with E-state index in [1.165, 1.54) is 22.0 Å². The zero-order valence-electron chi connectivity index (χ0n) is 24.5. The monoisotopic (exact) mass is 603 g/mol. The number of anilines is 2. The van der Waals surface area contributed by atoms with Crippen molar-refractivity contribution in [2.24, 2.45) is 13.0 Å². The Morgan fingerprint density at radius 3 is 2.67 bits per heavy atom. The average Bonchev–Trinajstić information content (AvgIpc) is 3.53. The third-order valence-corrected chi connectivity index (χ3v) is 8.46. The summed E-state index contributed by atoms with van der Waals surface area (Å²) in [5, 5.41) is 16.4. The number of sulfonamides is 1. The van der Waals surface area contributed by atoms with Gasteiger partial charge in [-0.3, -0.25) is 9.52 Å². The van der Waals surface area contributed by atoms with Crippen LogP contribution in [0.4, 0.5) is 16.2 Å². The number of hydrogen-bond donors (Lipinski definition) is 3. The number of nitrogens with zero attached hydrogens (tertiary/aromatic N) is 5. The number of aromatic nitrogens is 3. The Morgan fingerprint density at radius 1 is 1.31 bits per heavy atom. The first-order valence-corrected chi connectivity index (χ1v) is 14.9. The van der Waals surface area contributed by atoms with Gasteiger partial charge in [0.1, 0.15) is 23.2 Å².